The lowest BCUT2D eigenvalue weighted by Crippen LogP contribution is -2.36. The van der Waals surface area contributed by atoms with Crippen LogP contribution in [-0.2, 0) is 14.3 Å². The number of unbranched alkanes of at least 4 members (excludes halogenated alkanes) is 6. The molecule has 0 aromatic rings. The maximum Gasteiger partial charge on any atom is 0.309 e. The zero-order valence-corrected chi connectivity index (χ0v) is 12.0. The van der Waals surface area contributed by atoms with Crippen molar-refractivity contribution in [2.45, 2.75) is 83.3 Å². The summed E-state index contributed by atoms with van der Waals surface area (Å²) in [5.41, 5.74) is 0. The van der Waals surface area contributed by atoms with Crippen LogP contribution in [0.1, 0.15) is 71.1 Å². The highest BCUT2D eigenvalue weighted by Crippen LogP contribution is 2.22. The number of carbonyl (C=O) groups excluding carboxylic acids is 1. The number of cyclic esters (lactones) is 1. The summed E-state index contributed by atoms with van der Waals surface area (Å²) < 4.78 is 10.5. The molecule has 0 unspecified atom stereocenters. The van der Waals surface area contributed by atoms with E-state index < -0.39 is 0 Å². The van der Waals surface area contributed by atoms with Gasteiger partial charge in [0.2, 0.25) is 0 Å². The van der Waals surface area contributed by atoms with E-state index in [1.54, 1.807) is 7.11 Å². The van der Waals surface area contributed by atoms with E-state index in [0.29, 0.717) is 6.42 Å². The van der Waals surface area contributed by atoms with Crippen LogP contribution in [0.3, 0.4) is 0 Å². The first kappa shape index (κ1) is 15.5. The number of ether oxygens (including phenoxy) is 2. The molecule has 2 atom stereocenters. The molecule has 1 aliphatic rings. The van der Waals surface area contributed by atoms with Crippen LogP contribution in [0, 0.1) is 0 Å². The molecule has 18 heavy (non-hydrogen) atoms. The normalized spacial score (nSPS) is 20.3. The number of esters is 1. The monoisotopic (exact) mass is 256 g/mol. The Balaban J connectivity index is 1.93. The van der Waals surface area contributed by atoms with Gasteiger partial charge in [-0.15, -0.1) is 0 Å². The van der Waals surface area contributed by atoms with Gasteiger partial charge in [-0.2, -0.15) is 0 Å². The van der Waals surface area contributed by atoms with E-state index in [9.17, 15) is 4.79 Å². The number of carbonyl (C=O) groups is 1. The second kappa shape index (κ2) is 9.37. The summed E-state index contributed by atoms with van der Waals surface area (Å²) in [4.78, 5) is 10.7. The molecule has 1 heterocycles. The van der Waals surface area contributed by atoms with Gasteiger partial charge < -0.3 is 9.47 Å². The minimum Gasteiger partial charge on any atom is -0.462 e. The Morgan fingerprint density at radius 2 is 1.83 bits per heavy atom. The quantitative estimate of drug-likeness (QED) is 0.416. The van der Waals surface area contributed by atoms with E-state index in [1.165, 1.54) is 44.9 Å². The van der Waals surface area contributed by atoms with Gasteiger partial charge in [-0.3, -0.25) is 4.79 Å². The fourth-order valence-electron chi connectivity index (χ4n) is 2.45. The van der Waals surface area contributed by atoms with Gasteiger partial charge in [-0.05, 0) is 6.42 Å². The van der Waals surface area contributed by atoms with E-state index in [2.05, 4.69) is 6.92 Å². The summed E-state index contributed by atoms with van der Waals surface area (Å²) in [6.45, 7) is 2.25. The van der Waals surface area contributed by atoms with Gasteiger partial charge in [0, 0.05) is 13.5 Å². The third-order valence-corrected chi connectivity index (χ3v) is 3.68. The van der Waals surface area contributed by atoms with Crippen molar-refractivity contribution < 1.29 is 14.3 Å². The van der Waals surface area contributed by atoms with Crippen molar-refractivity contribution >= 4 is 5.97 Å². The lowest BCUT2D eigenvalue weighted by atomic mass is 10.00. The first-order chi connectivity index (χ1) is 8.76. The van der Waals surface area contributed by atoms with Crippen LogP contribution >= 0.6 is 0 Å². The molecule has 0 bridgehead atoms. The van der Waals surface area contributed by atoms with Crippen molar-refractivity contribution in [3.63, 3.8) is 0 Å². The zero-order chi connectivity index (χ0) is 13.2. The highest BCUT2D eigenvalue weighted by Gasteiger charge is 2.30. The van der Waals surface area contributed by atoms with Gasteiger partial charge in [-0.1, -0.05) is 51.9 Å². The second-order valence-electron chi connectivity index (χ2n) is 5.32. The Morgan fingerprint density at radius 1 is 1.22 bits per heavy atom. The molecule has 0 radical (unpaired) electrons. The lowest BCUT2D eigenvalue weighted by molar-refractivity contribution is -0.172. The van der Waals surface area contributed by atoms with Gasteiger partial charge >= 0.3 is 5.97 Å². The smallest absolute Gasteiger partial charge is 0.309 e. The lowest BCUT2D eigenvalue weighted by Gasteiger charge is -2.28. The molecule has 1 saturated heterocycles. The van der Waals surface area contributed by atoms with E-state index in [1.807, 2.05) is 0 Å². The van der Waals surface area contributed by atoms with E-state index in [-0.39, 0.29) is 18.2 Å². The van der Waals surface area contributed by atoms with Crippen molar-refractivity contribution in [1.82, 2.24) is 0 Å². The number of methoxy groups -OCH3 is 1. The zero-order valence-electron chi connectivity index (χ0n) is 12.0. The molecule has 0 aromatic heterocycles. The largest absolute Gasteiger partial charge is 0.462 e. The standard InChI is InChI=1S/C15H28O3/c1-3-4-5-6-7-8-9-10-13(17-2)11-14-12-15(16)18-14/h13-14H,3-12H2,1-2H3/t13-,14-/m0/s1. The number of rotatable bonds is 11. The van der Waals surface area contributed by atoms with Crippen molar-refractivity contribution in [2.75, 3.05) is 7.11 Å². The van der Waals surface area contributed by atoms with Crippen molar-refractivity contribution in [1.29, 1.82) is 0 Å². The highest BCUT2D eigenvalue weighted by atomic mass is 16.6. The van der Waals surface area contributed by atoms with E-state index >= 15 is 0 Å². The Labute approximate surface area is 111 Å². The minimum atomic E-state index is -0.0641. The maximum absolute atomic E-state index is 10.7. The highest BCUT2D eigenvalue weighted by molar-refractivity contribution is 5.75. The molecule has 1 fully saturated rings. The van der Waals surface area contributed by atoms with E-state index in [4.69, 9.17) is 9.47 Å². The van der Waals surface area contributed by atoms with Crippen molar-refractivity contribution in [3.8, 4) is 0 Å². The number of hydrogen-bond acceptors (Lipinski definition) is 3. The maximum atomic E-state index is 10.7. The Bertz CT molecular complexity index is 220. The Morgan fingerprint density at radius 3 is 2.39 bits per heavy atom. The van der Waals surface area contributed by atoms with E-state index in [0.717, 1.165) is 12.8 Å². The van der Waals surface area contributed by atoms with Crippen LogP contribution < -0.4 is 0 Å². The predicted octanol–water partition coefficient (Wildman–Crippen LogP) is 3.85. The first-order valence-corrected chi connectivity index (χ1v) is 7.48. The van der Waals surface area contributed by atoms with Crippen LogP contribution in [0.4, 0.5) is 0 Å². The van der Waals surface area contributed by atoms with Gasteiger partial charge in [-0.25, -0.2) is 0 Å². The molecule has 106 valence electrons. The molecule has 0 aliphatic carbocycles. The average molecular weight is 256 g/mol. The molecule has 0 N–H and O–H groups in total. The molecular formula is C15H28O3. The molecule has 1 aliphatic heterocycles. The molecule has 0 aromatic carbocycles. The minimum absolute atomic E-state index is 0.0641. The first-order valence-electron chi connectivity index (χ1n) is 7.48. The molecule has 1 rings (SSSR count). The van der Waals surface area contributed by atoms with Crippen LogP contribution in [0.5, 0.6) is 0 Å². The van der Waals surface area contributed by atoms with Gasteiger partial charge in [0.25, 0.3) is 0 Å². The summed E-state index contributed by atoms with van der Waals surface area (Å²) >= 11 is 0. The molecular weight excluding hydrogens is 228 g/mol. The topological polar surface area (TPSA) is 35.5 Å². The summed E-state index contributed by atoms with van der Waals surface area (Å²) in [7, 11) is 1.76. The molecule has 3 nitrogen and oxygen atoms in total. The molecule has 3 heteroatoms. The van der Waals surface area contributed by atoms with Crippen LogP contribution in [0.25, 0.3) is 0 Å². The Kier molecular flexibility index (Phi) is 8.06. The van der Waals surface area contributed by atoms with Crippen LogP contribution in [0.2, 0.25) is 0 Å². The van der Waals surface area contributed by atoms with Crippen LogP contribution in [-0.4, -0.2) is 25.3 Å². The van der Waals surface area contributed by atoms with Crippen molar-refractivity contribution in [2.24, 2.45) is 0 Å². The Hall–Kier alpha value is -0.570. The van der Waals surface area contributed by atoms with Crippen LogP contribution in [0.15, 0.2) is 0 Å². The van der Waals surface area contributed by atoms with Gasteiger partial charge in [0.05, 0.1) is 12.5 Å². The SMILES string of the molecule is CCCCCCCCC[C@@H](C[C@H]1CC(=O)O1)OC. The van der Waals surface area contributed by atoms with Crippen molar-refractivity contribution in [3.05, 3.63) is 0 Å². The second-order valence-corrected chi connectivity index (χ2v) is 5.32. The summed E-state index contributed by atoms with van der Waals surface area (Å²) in [6.07, 6.45) is 12.2. The molecule has 0 amide bonds. The fraction of sp³-hybridized carbons (Fsp3) is 0.933. The third kappa shape index (κ3) is 6.39. The average Bonchev–Trinajstić information content (AvgIpc) is 2.34. The molecule has 0 saturated carbocycles. The number of hydrogen-bond donors (Lipinski definition) is 0. The summed E-state index contributed by atoms with van der Waals surface area (Å²) in [5.74, 6) is -0.0641. The molecule has 0 spiro atoms. The summed E-state index contributed by atoms with van der Waals surface area (Å²) in [5, 5.41) is 0. The third-order valence-electron chi connectivity index (χ3n) is 3.68. The summed E-state index contributed by atoms with van der Waals surface area (Å²) in [6, 6.07) is 0. The van der Waals surface area contributed by atoms with Gasteiger partial charge in [0.1, 0.15) is 6.10 Å². The predicted molar refractivity (Wildman–Crippen MR) is 72.5 cm³/mol. The fourth-order valence-corrected chi connectivity index (χ4v) is 2.45. The van der Waals surface area contributed by atoms with Gasteiger partial charge in [0.15, 0.2) is 0 Å².